The van der Waals surface area contributed by atoms with Crippen LogP contribution in [-0.2, 0) is 10.0 Å². The van der Waals surface area contributed by atoms with Crippen molar-refractivity contribution in [2.75, 3.05) is 31.9 Å². The molecule has 0 aliphatic heterocycles. The maximum atomic E-state index is 12.1. The molecule has 0 atom stereocenters. The van der Waals surface area contributed by atoms with Gasteiger partial charge in [0.2, 0.25) is 10.0 Å². The minimum Gasteiger partial charge on any atom is -0.316 e. The second-order valence-corrected chi connectivity index (χ2v) is 6.96. The van der Waals surface area contributed by atoms with Gasteiger partial charge in [0.15, 0.2) is 0 Å². The molecule has 0 saturated heterocycles. The van der Waals surface area contributed by atoms with Gasteiger partial charge in [-0.15, -0.1) is 0 Å². The molecule has 1 aliphatic rings. The van der Waals surface area contributed by atoms with Crippen LogP contribution in [0.5, 0.6) is 0 Å². The first kappa shape index (κ1) is 14.9. The number of rotatable bonds is 10. The molecule has 1 aliphatic carbocycles. The van der Waals surface area contributed by atoms with Crippen LogP contribution in [0.2, 0.25) is 0 Å². The molecule has 0 aromatic heterocycles. The lowest BCUT2D eigenvalue weighted by atomic mass is 10.4. The van der Waals surface area contributed by atoms with E-state index in [1.54, 1.807) is 4.31 Å². The summed E-state index contributed by atoms with van der Waals surface area (Å²) >= 11 is 0. The first-order chi connectivity index (χ1) is 8.10. The minimum absolute atomic E-state index is 0.236. The molecule has 4 nitrogen and oxygen atoms in total. The Kier molecular flexibility index (Phi) is 6.44. The van der Waals surface area contributed by atoms with E-state index in [2.05, 4.69) is 12.2 Å². The number of sulfonamides is 1. The van der Waals surface area contributed by atoms with Gasteiger partial charge in [0.1, 0.15) is 0 Å². The fourth-order valence-electron chi connectivity index (χ4n) is 1.81. The van der Waals surface area contributed by atoms with Gasteiger partial charge in [-0.25, -0.2) is 12.7 Å². The molecule has 5 heteroatoms. The second kappa shape index (κ2) is 7.34. The van der Waals surface area contributed by atoms with Gasteiger partial charge in [-0.05, 0) is 38.1 Å². The van der Waals surface area contributed by atoms with E-state index in [1.165, 1.54) is 12.8 Å². The third kappa shape index (κ3) is 5.84. The predicted octanol–water partition coefficient (Wildman–Crippen LogP) is 1.44. The monoisotopic (exact) mass is 262 g/mol. The van der Waals surface area contributed by atoms with Crippen molar-refractivity contribution < 1.29 is 8.42 Å². The highest BCUT2D eigenvalue weighted by Gasteiger charge is 2.29. The van der Waals surface area contributed by atoms with Crippen LogP contribution in [0.15, 0.2) is 0 Å². The molecule has 1 fully saturated rings. The number of hydrogen-bond acceptors (Lipinski definition) is 3. The van der Waals surface area contributed by atoms with Gasteiger partial charge < -0.3 is 5.32 Å². The summed E-state index contributed by atoms with van der Waals surface area (Å²) in [5.41, 5.74) is 0. The zero-order valence-electron chi connectivity index (χ0n) is 11.1. The standard InChI is InChI=1S/C12H26N2O2S/c1-3-7-13-8-10-17(15,16)14(9-4-2)11-12-5-6-12/h12-13H,3-11H2,1-2H3. The average Bonchev–Trinajstić information content (AvgIpc) is 3.08. The molecule has 0 spiro atoms. The Balaban J connectivity index is 2.38. The van der Waals surface area contributed by atoms with Gasteiger partial charge in [0, 0.05) is 19.6 Å². The van der Waals surface area contributed by atoms with Crippen molar-refractivity contribution in [3.8, 4) is 0 Å². The Bertz CT molecular complexity index is 300. The van der Waals surface area contributed by atoms with E-state index in [-0.39, 0.29) is 5.75 Å². The smallest absolute Gasteiger partial charge is 0.215 e. The molecule has 0 bridgehead atoms. The van der Waals surface area contributed by atoms with E-state index in [4.69, 9.17) is 0 Å². The maximum Gasteiger partial charge on any atom is 0.215 e. The van der Waals surface area contributed by atoms with Crippen molar-refractivity contribution in [1.29, 1.82) is 0 Å². The van der Waals surface area contributed by atoms with E-state index < -0.39 is 10.0 Å². The van der Waals surface area contributed by atoms with Crippen LogP contribution in [0.25, 0.3) is 0 Å². The normalized spacial score (nSPS) is 16.6. The van der Waals surface area contributed by atoms with Crippen molar-refractivity contribution in [3.05, 3.63) is 0 Å². The fraction of sp³-hybridized carbons (Fsp3) is 1.00. The Labute approximate surface area is 106 Å². The van der Waals surface area contributed by atoms with Gasteiger partial charge >= 0.3 is 0 Å². The molecule has 0 amide bonds. The van der Waals surface area contributed by atoms with Gasteiger partial charge in [-0.3, -0.25) is 0 Å². The highest BCUT2D eigenvalue weighted by atomic mass is 32.2. The average molecular weight is 262 g/mol. The summed E-state index contributed by atoms with van der Waals surface area (Å²) in [5, 5.41) is 3.15. The first-order valence-corrected chi connectivity index (χ1v) is 8.39. The third-order valence-electron chi connectivity index (χ3n) is 2.99. The van der Waals surface area contributed by atoms with Gasteiger partial charge in [-0.1, -0.05) is 13.8 Å². The molecule has 0 heterocycles. The summed E-state index contributed by atoms with van der Waals surface area (Å²) in [5.74, 6) is 0.861. The topological polar surface area (TPSA) is 49.4 Å². The number of nitrogens with one attached hydrogen (secondary N) is 1. The van der Waals surface area contributed by atoms with Crippen molar-refractivity contribution in [2.45, 2.75) is 39.5 Å². The minimum atomic E-state index is -3.05. The molecular weight excluding hydrogens is 236 g/mol. The van der Waals surface area contributed by atoms with Crippen molar-refractivity contribution in [1.82, 2.24) is 9.62 Å². The Morgan fingerprint density at radius 3 is 2.41 bits per heavy atom. The summed E-state index contributed by atoms with van der Waals surface area (Å²) < 4.78 is 26.0. The third-order valence-corrected chi connectivity index (χ3v) is 4.83. The van der Waals surface area contributed by atoms with Crippen molar-refractivity contribution in [2.24, 2.45) is 5.92 Å². The molecule has 0 unspecified atom stereocenters. The van der Waals surface area contributed by atoms with Crippen LogP contribution in [-0.4, -0.2) is 44.7 Å². The molecule has 1 saturated carbocycles. The maximum absolute atomic E-state index is 12.1. The molecule has 17 heavy (non-hydrogen) atoms. The summed E-state index contributed by atoms with van der Waals surface area (Å²) in [4.78, 5) is 0. The summed E-state index contributed by atoms with van der Waals surface area (Å²) in [6.07, 6.45) is 4.34. The van der Waals surface area contributed by atoms with E-state index in [0.717, 1.165) is 25.9 Å². The molecule has 1 rings (SSSR count). The van der Waals surface area contributed by atoms with Crippen LogP contribution in [0.4, 0.5) is 0 Å². The summed E-state index contributed by atoms with van der Waals surface area (Å²) in [7, 11) is -3.05. The van der Waals surface area contributed by atoms with Crippen LogP contribution < -0.4 is 5.32 Å². The Morgan fingerprint density at radius 2 is 1.88 bits per heavy atom. The van der Waals surface area contributed by atoms with Crippen molar-refractivity contribution >= 4 is 10.0 Å². The highest BCUT2D eigenvalue weighted by molar-refractivity contribution is 7.89. The van der Waals surface area contributed by atoms with E-state index in [9.17, 15) is 8.42 Å². The quantitative estimate of drug-likeness (QED) is 0.606. The Morgan fingerprint density at radius 1 is 1.18 bits per heavy atom. The number of hydrogen-bond donors (Lipinski definition) is 1. The zero-order valence-corrected chi connectivity index (χ0v) is 11.9. The Hall–Kier alpha value is -0.130. The van der Waals surface area contributed by atoms with Crippen LogP contribution in [0.1, 0.15) is 39.5 Å². The highest BCUT2D eigenvalue weighted by Crippen LogP contribution is 2.30. The lowest BCUT2D eigenvalue weighted by Gasteiger charge is -2.21. The molecule has 1 N–H and O–H groups in total. The molecular formula is C12H26N2O2S. The van der Waals surface area contributed by atoms with E-state index >= 15 is 0 Å². The molecule has 0 radical (unpaired) electrons. The second-order valence-electron chi connectivity index (χ2n) is 4.87. The predicted molar refractivity (Wildman–Crippen MR) is 71.5 cm³/mol. The van der Waals surface area contributed by atoms with E-state index in [1.807, 2.05) is 6.92 Å². The van der Waals surface area contributed by atoms with Crippen LogP contribution in [0.3, 0.4) is 0 Å². The lowest BCUT2D eigenvalue weighted by molar-refractivity contribution is 0.395. The van der Waals surface area contributed by atoms with Gasteiger partial charge in [-0.2, -0.15) is 0 Å². The van der Waals surface area contributed by atoms with Crippen LogP contribution >= 0.6 is 0 Å². The summed E-state index contributed by atoms with van der Waals surface area (Å²) in [6, 6.07) is 0. The molecule has 0 aromatic carbocycles. The van der Waals surface area contributed by atoms with Gasteiger partial charge in [0.25, 0.3) is 0 Å². The zero-order chi connectivity index (χ0) is 12.7. The SMILES string of the molecule is CCCNCCS(=O)(=O)N(CCC)CC1CC1. The fourth-order valence-corrected chi connectivity index (χ4v) is 3.37. The van der Waals surface area contributed by atoms with Gasteiger partial charge in [0.05, 0.1) is 5.75 Å². The molecule has 0 aromatic rings. The first-order valence-electron chi connectivity index (χ1n) is 6.78. The van der Waals surface area contributed by atoms with E-state index in [0.29, 0.717) is 19.0 Å². The largest absolute Gasteiger partial charge is 0.316 e. The lowest BCUT2D eigenvalue weighted by Crippen LogP contribution is -2.38. The number of nitrogens with zero attached hydrogens (tertiary/aromatic N) is 1. The molecule has 102 valence electrons. The van der Waals surface area contributed by atoms with Crippen molar-refractivity contribution in [3.63, 3.8) is 0 Å². The summed E-state index contributed by atoms with van der Waals surface area (Å²) in [6.45, 7) is 6.99. The van der Waals surface area contributed by atoms with Crippen LogP contribution in [0, 0.1) is 5.92 Å².